The van der Waals surface area contributed by atoms with Gasteiger partial charge in [0, 0.05) is 22.7 Å². The zero-order valence-corrected chi connectivity index (χ0v) is 20.6. The van der Waals surface area contributed by atoms with E-state index >= 15 is 0 Å². The first-order valence-corrected chi connectivity index (χ1v) is 12.0. The fourth-order valence-electron chi connectivity index (χ4n) is 2.78. The molecule has 0 atom stereocenters. The molecule has 2 amide bonds. The fraction of sp³-hybridized carbons (Fsp3) is 0.182. The predicted octanol–water partition coefficient (Wildman–Crippen LogP) is 5.32. The highest BCUT2D eigenvalue weighted by Crippen LogP contribution is 2.26. The molecule has 1 aromatic heterocycles. The molecule has 33 heavy (non-hydrogen) atoms. The molecular formula is C22H20Cl3N5O2S. The number of carbonyl (C=O) groups excluding carboxylic acids is 2. The van der Waals surface area contributed by atoms with Gasteiger partial charge in [-0.1, -0.05) is 64.8 Å². The van der Waals surface area contributed by atoms with E-state index in [2.05, 4.69) is 20.8 Å². The normalized spacial score (nSPS) is 11.0. The van der Waals surface area contributed by atoms with Crippen molar-refractivity contribution in [2.75, 3.05) is 11.1 Å². The quantitative estimate of drug-likeness (QED) is 0.292. The molecule has 0 spiro atoms. The van der Waals surface area contributed by atoms with Crippen molar-refractivity contribution in [3.8, 4) is 0 Å². The number of amides is 2. The van der Waals surface area contributed by atoms with Gasteiger partial charge in [0.25, 0.3) is 0 Å². The third-order valence-corrected chi connectivity index (χ3v) is 6.26. The highest BCUT2D eigenvalue weighted by Gasteiger charge is 2.14. The van der Waals surface area contributed by atoms with Crippen LogP contribution in [0.15, 0.2) is 53.7 Å². The average Bonchev–Trinajstić information content (AvgIpc) is 3.20. The molecule has 1 heterocycles. The number of hydrogen-bond donors (Lipinski definition) is 2. The van der Waals surface area contributed by atoms with Gasteiger partial charge in [-0.3, -0.25) is 9.59 Å². The van der Waals surface area contributed by atoms with Gasteiger partial charge in [-0.15, -0.1) is 10.2 Å². The second-order valence-corrected chi connectivity index (χ2v) is 8.87. The van der Waals surface area contributed by atoms with E-state index < -0.39 is 0 Å². The third-order valence-electron chi connectivity index (χ3n) is 4.38. The molecule has 3 aromatic rings. The first-order valence-electron chi connectivity index (χ1n) is 9.87. The van der Waals surface area contributed by atoms with E-state index in [1.807, 2.05) is 29.7 Å². The van der Waals surface area contributed by atoms with Crippen LogP contribution in [0.5, 0.6) is 0 Å². The Morgan fingerprint density at radius 1 is 1.09 bits per heavy atom. The lowest BCUT2D eigenvalue weighted by Crippen LogP contribution is -2.22. The van der Waals surface area contributed by atoms with Crippen LogP contribution in [0, 0.1) is 0 Å². The summed E-state index contributed by atoms with van der Waals surface area (Å²) in [7, 11) is 0. The Labute approximate surface area is 210 Å². The van der Waals surface area contributed by atoms with Crippen molar-refractivity contribution in [2.45, 2.75) is 25.2 Å². The van der Waals surface area contributed by atoms with Crippen LogP contribution in [0.1, 0.15) is 18.3 Å². The lowest BCUT2D eigenvalue weighted by Gasteiger charge is -2.09. The molecule has 0 radical (unpaired) electrons. The predicted molar refractivity (Wildman–Crippen MR) is 134 cm³/mol. The molecule has 0 aliphatic carbocycles. The summed E-state index contributed by atoms with van der Waals surface area (Å²) in [6, 6.07) is 12.1. The van der Waals surface area contributed by atoms with Gasteiger partial charge < -0.3 is 15.2 Å². The van der Waals surface area contributed by atoms with Gasteiger partial charge in [-0.2, -0.15) is 0 Å². The highest BCUT2D eigenvalue weighted by molar-refractivity contribution is 7.99. The number of halogens is 3. The number of anilines is 1. The monoisotopic (exact) mass is 523 g/mol. The van der Waals surface area contributed by atoms with Gasteiger partial charge >= 0.3 is 0 Å². The molecule has 0 fully saturated rings. The van der Waals surface area contributed by atoms with Crippen LogP contribution in [0.4, 0.5) is 5.69 Å². The Kier molecular flexibility index (Phi) is 9.20. The van der Waals surface area contributed by atoms with Crippen LogP contribution >= 0.6 is 46.6 Å². The number of aromatic nitrogens is 3. The summed E-state index contributed by atoms with van der Waals surface area (Å²) in [5.74, 6) is 0.146. The standard InChI is InChI=1S/C22H20Cl3N5O2S/c1-2-30-19(12-26-20(31)10-7-14-5-3-4-6-16(14)24)28-29-22(30)33-13-21(32)27-18-11-15(23)8-9-17(18)25/h3-11H,2,12-13H2,1H3,(H,26,31)(H,27,32)/b10-7+. The van der Waals surface area contributed by atoms with Gasteiger partial charge in [0.2, 0.25) is 11.8 Å². The summed E-state index contributed by atoms with van der Waals surface area (Å²) in [5.41, 5.74) is 1.20. The molecule has 0 aliphatic rings. The zero-order valence-electron chi connectivity index (χ0n) is 17.5. The Morgan fingerprint density at radius 2 is 1.88 bits per heavy atom. The van der Waals surface area contributed by atoms with Gasteiger partial charge in [0.1, 0.15) is 0 Å². The summed E-state index contributed by atoms with van der Waals surface area (Å²) in [5, 5.41) is 15.8. The molecule has 172 valence electrons. The first kappa shape index (κ1) is 25.1. The number of carbonyl (C=O) groups is 2. The number of benzene rings is 2. The van der Waals surface area contributed by atoms with Crippen LogP contribution in [-0.2, 0) is 22.7 Å². The number of rotatable bonds is 9. The van der Waals surface area contributed by atoms with E-state index in [-0.39, 0.29) is 24.1 Å². The minimum atomic E-state index is -0.285. The van der Waals surface area contributed by atoms with Crippen LogP contribution in [0.25, 0.3) is 6.08 Å². The lowest BCUT2D eigenvalue weighted by atomic mass is 10.2. The second kappa shape index (κ2) is 12.1. The molecular weight excluding hydrogens is 505 g/mol. The summed E-state index contributed by atoms with van der Waals surface area (Å²) in [6.07, 6.45) is 3.06. The molecule has 11 heteroatoms. The number of nitrogens with one attached hydrogen (secondary N) is 2. The second-order valence-electron chi connectivity index (χ2n) is 6.68. The minimum Gasteiger partial charge on any atom is -0.345 e. The maximum atomic E-state index is 12.3. The Balaban J connectivity index is 1.55. The Morgan fingerprint density at radius 3 is 2.64 bits per heavy atom. The molecule has 3 rings (SSSR count). The summed E-state index contributed by atoms with van der Waals surface area (Å²) >= 11 is 19.3. The van der Waals surface area contributed by atoms with Crippen molar-refractivity contribution in [1.82, 2.24) is 20.1 Å². The van der Waals surface area contributed by atoms with E-state index in [0.29, 0.717) is 38.3 Å². The number of nitrogens with zero attached hydrogens (tertiary/aromatic N) is 3. The van der Waals surface area contributed by atoms with Crippen LogP contribution in [-0.4, -0.2) is 32.3 Å². The van der Waals surface area contributed by atoms with E-state index in [9.17, 15) is 9.59 Å². The molecule has 0 bridgehead atoms. The molecule has 0 unspecified atom stereocenters. The summed E-state index contributed by atoms with van der Waals surface area (Å²) < 4.78 is 1.84. The van der Waals surface area contributed by atoms with Gasteiger partial charge in [-0.25, -0.2) is 0 Å². The van der Waals surface area contributed by atoms with Crippen LogP contribution in [0.2, 0.25) is 15.1 Å². The van der Waals surface area contributed by atoms with Crippen molar-refractivity contribution in [2.24, 2.45) is 0 Å². The van der Waals surface area contributed by atoms with E-state index in [0.717, 1.165) is 5.56 Å². The maximum absolute atomic E-state index is 12.3. The smallest absolute Gasteiger partial charge is 0.244 e. The Hall–Kier alpha value is -2.52. The molecule has 0 aliphatic heterocycles. The molecule has 2 aromatic carbocycles. The van der Waals surface area contributed by atoms with Crippen molar-refractivity contribution in [1.29, 1.82) is 0 Å². The number of hydrogen-bond acceptors (Lipinski definition) is 5. The summed E-state index contributed by atoms with van der Waals surface area (Å²) in [6.45, 7) is 2.71. The van der Waals surface area contributed by atoms with Crippen molar-refractivity contribution in [3.63, 3.8) is 0 Å². The van der Waals surface area contributed by atoms with Crippen LogP contribution < -0.4 is 10.6 Å². The Bertz CT molecular complexity index is 1180. The van der Waals surface area contributed by atoms with Crippen molar-refractivity contribution >= 4 is 70.1 Å². The van der Waals surface area contributed by atoms with Crippen molar-refractivity contribution < 1.29 is 9.59 Å². The largest absolute Gasteiger partial charge is 0.345 e. The highest BCUT2D eigenvalue weighted by atomic mass is 35.5. The zero-order chi connectivity index (χ0) is 23.8. The van der Waals surface area contributed by atoms with Crippen LogP contribution in [0.3, 0.4) is 0 Å². The van der Waals surface area contributed by atoms with E-state index in [1.165, 1.54) is 17.8 Å². The maximum Gasteiger partial charge on any atom is 0.244 e. The average molecular weight is 525 g/mol. The SMILES string of the molecule is CCn1c(CNC(=O)/C=C/c2ccccc2Cl)nnc1SCC(=O)Nc1cc(Cl)ccc1Cl. The first-order chi connectivity index (χ1) is 15.9. The fourth-order valence-corrected chi connectivity index (χ4v) is 4.14. The molecule has 2 N–H and O–H groups in total. The lowest BCUT2D eigenvalue weighted by molar-refractivity contribution is -0.116. The number of thioether (sulfide) groups is 1. The molecule has 0 saturated heterocycles. The van der Waals surface area contributed by atoms with Gasteiger partial charge in [0.05, 0.1) is 23.0 Å². The van der Waals surface area contributed by atoms with E-state index in [1.54, 1.807) is 30.3 Å². The topological polar surface area (TPSA) is 88.9 Å². The summed E-state index contributed by atoms with van der Waals surface area (Å²) in [4.78, 5) is 24.5. The molecule has 0 saturated carbocycles. The van der Waals surface area contributed by atoms with E-state index in [4.69, 9.17) is 34.8 Å². The van der Waals surface area contributed by atoms with Gasteiger partial charge in [0.15, 0.2) is 11.0 Å². The third kappa shape index (κ3) is 7.23. The minimum absolute atomic E-state index is 0.105. The van der Waals surface area contributed by atoms with Crippen molar-refractivity contribution in [3.05, 3.63) is 75.0 Å². The van der Waals surface area contributed by atoms with Gasteiger partial charge in [-0.05, 0) is 42.8 Å². The molecule has 7 nitrogen and oxygen atoms in total.